The third-order valence-electron chi connectivity index (χ3n) is 1.01. The van der Waals surface area contributed by atoms with Crippen LogP contribution in [0.15, 0.2) is 22.7 Å². The minimum Gasteiger partial charge on any atom is -0.207 e. The molecule has 0 bridgehead atoms. The Morgan fingerprint density at radius 3 is 2.44 bits per heavy atom. The first-order valence-corrected chi connectivity index (χ1v) is 3.40. The fourth-order valence-corrected chi connectivity index (χ4v) is 1.27. The van der Waals surface area contributed by atoms with Crippen LogP contribution in [0.5, 0.6) is 0 Å². The van der Waals surface area contributed by atoms with Gasteiger partial charge in [-0.25, -0.2) is 4.39 Å². The van der Waals surface area contributed by atoms with E-state index in [0.717, 1.165) is 10.0 Å². The first-order chi connectivity index (χ1) is 4.18. The third kappa shape index (κ3) is 1.79. The first-order valence-electron chi connectivity index (χ1n) is 2.61. The molecule has 1 rings (SSSR count). The van der Waals surface area contributed by atoms with Gasteiger partial charge in [0.2, 0.25) is 0 Å². The van der Waals surface area contributed by atoms with E-state index >= 15 is 0 Å². The molecule has 0 aliphatic carbocycles. The van der Waals surface area contributed by atoms with Crippen LogP contribution in [-0.4, -0.2) is 0 Å². The predicted octanol–water partition coefficient (Wildman–Crippen LogP) is 2.90. The number of hydrogen-bond acceptors (Lipinski definition) is 0. The minimum absolute atomic E-state index is 0.193. The zero-order chi connectivity index (χ0) is 6.85. The molecule has 0 nitrogen and oxygen atoms in total. The van der Waals surface area contributed by atoms with Crippen LogP contribution >= 0.6 is 15.9 Å². The fourth-order valence-electron chi connectivity index (χ4n) is 0.692. The maximum absolute atomic E-state index is 12.4. The van der Waals surface area contributed by atoms with Crippen molar-refractivity contribution in [1.29, 1.82) is 0 Å². The van der Waals surface area contributed by atoms with Gasteiger partial charge in [-0.05, 0) is 30.7 Å². The van der Waals surface area contributed by atoms with Crippen molar-refractivity contribution in [2.24, 2.45) is 0 Å². The lowest BCUT2D eigenvalue weighted by atomic mass is 10.2. The molecule has 1 aromatic carbocycles. The van der Waals surface area contributed by atoms with Crippen molar-refractivity contribution < 1.29 is 4.39 Å². The van der Waals surface area contributed by atoms with Crippen LogP contribution in [0.3, 0.4) is 0 Å². The largest absolute Gasteiger partial charge is 0.207 e. The number of aryl methyl sites for hydroxylation is 1. The van der Waals surface area contributed by atoms with E-state index in [-0.39, 0.29) is 5.82 Å². The second kappa shape index (κ2) is 2.48. The van der Waals surface area contributed by atoms with E-state index in [1.807, 2.05) is 13.0 Å². The van der Waals surface area contributed by atoms with E-state index in [2.05, 4.69) is 15.9 Å². The zero-order valence-electron chi connectivity index (χ0n) is 4.99. The first kappa shape index (κ1) is 6.75. The summed E-state index contributed by atoms with van der Waals surface area (Å²) in [6.07, 6.45) is 0. The molecule has 0 aromatic heterocycles. The summed E-state index contributed by atoms with van der Waals surface area (Å²) in [5.41, 5.74) is 0.932. The molecule has 2 heteroatoms. The molecule has 0 N–H and O–H groups in total. The Labute approximate surface area is 61.8 Å². The number of hydrogen-bond donors (Lipinski definition) is 0. The molecule has 0 spiro atoms. The van der Waals surface area contributed by atoms with Gasteiger partial charge in [0.15, 0.2) is 0 Å². The Bertz CT molecular complexity index is 170. The third-order valence-corrected chi connectivity index (χ3v) is 1.46. The molecule has 0 unspecified atom stereocenters. The van der Waals surface area contributed by atoms with Gasteiger partial charge < -0.3 is 0 Å². The van der Waals surface area contributed by atoms with Crippen LogP contribution in [-0.2, 0) is 0 Å². The average Bonchev–Trinajstić information content (AvgIpc) is 1.59. The van der Waals surface area contributed by atoms with Crippen molar-refractivity contribution in [3.8, 4) is 0 Å². The molecule has 0 aliphatic rings. The molecular formula is C7H6BrF. The van der Waals surface area contributed by atoms with E-state index < -0.39 is 0 Å². The molecule has 1 aromatic rings. The summed E-state index contributed by atoms with van der Waals surface area (Å²) in [6.45, 7) is 1.86. The number of benzene rings is 1. The highest BCUT2D eigenvalue weighted by Crippen LogP contribution is 2.13. The summed E-state index contributed by atoms with van der Waals surface area (Å²) >= 11 is 3.17. The average molecular weight is 189 g/mol. The van der Waals surface area contributed by atoms with Gasteiger partial charge in [0.05, 0.1) is 0 Å². The van der Waals surface area contributed by atoms with Gasteiger partial charge in [0.25, 0.3) is 0 Å². The fraction of sp³-hybridized carbons (Fsp3) is 0.143. The molecule has 0 heterocycles. The standard InChI is InChI=1S/C7H6BrF/c1-5-2-6(8)4-7(9)3-5/h2-4H,1H3. The van der Waals surface area contributed by atoms with Crippen LogP contribution < -0.4 is 0 Å². The van der Waals surface area contributed by atoms with Crippen LogP contribution in [0.2, 0.25) is 0 Å². The maximum Gasteiger partial charge on any atom is 0.124 e. The smallest absolute Gasteiger partial charge is 0.124 e. The highest BCUT2D eigenvalue weighted by Gasteiger charge is 1.92. The van der Waals surface area contributed by atoms with Crippen molar-refractivity contribution in [3.63, 3.8) is 0 Å². The molecule has 0 aliphatic heterocycles. The van der Waals surface area contributed by atoms with Gasteiger partial charge in [-0.1, -0.05) is 15.9 Å². The number of rotatable bonds is 0. The molecule has 9 heavy (non-hydrogen) atoms. The second-order valence-corrected chi connectivity index (χ2v) is 2.86. The summed E-state index contributed by atoms with van der Waals surface area (Å²) in [5, 5.41) is 0. The highest BCUT2D eigenvalue weighted by molar-refractivity contribution is 9.10. The Kier molecular flexibility index (Phi) is 1.86. The van der Waals surface area contributed by atoms with Crippen molar-refractivity contribution in [1.82, 2.24) is 0 Å². The minimum atomic E-state index is -0.193. The van der Waals surface area contributed by atoms with Crippen LogP contribution in [0, 0.1) is 12.7 Å². The predicted molar refractivity (Wildman–Crippen MR) is 38.8 cm³/mol. The Hall–Kier alpha value is -0.370. The molecule has 48 valence electrons. The molecule has 0 saturated heterocycles. The summed E-state index contributed by atoms with van der Waals surface area (Å²) in [6, 6.07) is 4.79. The van der Waals surface area contributed by atoms with E-state index in [1.165, 1.54) is 12.1 Å². The van der Waals surface area contributed by atoms with Gasteiger partial charge in [-0.3, -0.25) is 0 Å². The quantitative estimate of drug-likeness (QED) is 0.588. The molecule has 0 atom stereocenters. The van der Waals surface area contributed by atoms with Gasteiger partial charge in [0.1, 0.15) is 5.82 Å². The summed E-state index contributed by atoms with van der Waals surface area (Å²) in [7, 11) is 0. The Morgan fingerprint density at radius 1 is 1.33 bits per heavy atom. The summed E-state index contributed by atoms with van der Waals surface area (Å²) in [4.78, 5) is 0. The maximum atomic E-state index is 12.4. The van der Waals surface area contributed by atoms with E-state index in [4.69, 9.17) is 0 Å². The van der Waals surface area contributed by atoms with Gasteiger partial charge >= 0.3 is 0 Å². The van der Waals surface area contributed by atoms with Crippen molar-refractivity contribution in [2.45, 2.75) is 6.92 Å². The van der Waals surface area contributed by atoms with E-state index in [9.17, 15) is 4.39 Å². The lowest BCUT2D eigenvalue weighted by Crippen LogP contribution is -1.75. The molecular weight excluding hydrogens is 183 g/mol. The van der Waals surface area contributed by atoms with Crippen molar-refractivity contribution >= 4 is 15.9 Å². The van der Waals surface area contributed by atoms with Gasteiger partial charge in [-0.2, -0.15) is 0 Å². The normalized spacial score (nSPS) is 9.67. The molecule has 0 amide bonds. The lowest BCUT2D eigenvalue weighted by Gasteiger charge is -1.92. The topological polar surface area (TPSA) is 0 Å². The highest BCUT2D eigenvalue weighted by atomic mass is 79.9. The lowest BCUT2D eigenvalue weighted by molar-refractivity contribution is 0.626. The Balaban J connectivity index is 3.17. The van der Waals surface area contributed by atoms with E-state index in [0.29, 0.717) is 0 Å². The van der Waals surface area contributed by atoms with Crippen LogP contribution in [0.25, 0.3) is 0 Å². The van der Waals surface area contributed by atoms with Crippen molar-refractivity contribution in [3.05, 3.63) is 34.1 Å². The molecule has 0 radical (unpaired) electrons. The Morgan fingerprint density at radius 2 is 2.00 bits per heavy atom. The van der Waals surface area contributed by atoms with E-state index in [1.54, 1.807) is 0 Å². The van der Waals surface area contributed by atoms with Crippen molar-refractivity contribution in [2.75, 3.05) is 0 Å². The number of halogens is 2. The molecule has 0 saturated carbocycles. The van der Waals surface area contributed by atoms with Crippen LogP contribution in [0.1, 0.15) is 5.56 Å². The van der Waals surface area contributed by atoms with Gasteiger partial charge in [0, 0.05) is 4.47 Å². The summed E-state index contributed by atoms with van der Waals surface area (Å²) < 4.78 is 13.2. The zero-order valence-corrected chi connectivity index (χ0v) is 6.57. The molecule has 0 fully saturated rings. The SMILES string of the molecule is Cc1cc(F)cc(Br)c1. The second-order valence-electron chi connectivity index (χ2n) is 1.95. The summed E-state index contributed by atoms with van der Waals surface area (Å²) in [5.74, 6) is -0.193. The van der Waals surface area contributed by atoms with Gasteiger partial charge in [-0.15, -0.1) is 0 Å². The monoisotopic (exact) mass is 188 g/mol. The van der Waals surface area contributed by atoms with Crippen LogP contribution in [0.4, 0.5) is 4.39 Å².